The number of aromatic hydroxyl groups is 1. The molecule has 5 heteroatoms. The monoisotopic (exact) mass is 395 g/mol. The summed E-state index contributed by atoms with van der Waals surface area (Å²) in [7, 11) is 0. The van der Waals surface area contributed by atoms with E-state index in [4.69, 9.17) is 18.9 Å². The molecular weight excluding hydrogens is 356 g/mol. The second kappa shape index (κ2) is 19.0. The number of phenolic OH excluding ortho intramolecular Hbond substituents is 1. The summed E-state index contributed by atoms with van der Waals surface area (Å²) in [5.74, 6) is 0.954. The van der Waals surface area contributed by atoms with Crippen LogP contribution < -0.4 is 4.74 Å². The molecule has 1 radical (unpaired) electrons. The maximum atomic E-state index is 9.19. The van der Waals surface area contributed by atoms with Crippen molar-refractivity contribution in [3.8, 4) is 11.5 Å². The highest BCUT2D eigenvalue weighted by molar-refractivity contribution is 5.29. The Hall–Kier alpha value is -1.30. The lowest BCUT2D eigenvalue weighted by molar-refractivity contribution is 0.00878. The van der Waals surface area contributed by atoms with E-state index in [9.17, 15) is 5.11 Å². The highest BCUT2D eigenvalue weighted by Crippen LogP contribution is 2.15. The average Bonchev–Trinajstić information content (AvgIpc) is 2.71. The molecule has 0 unspecified atom stereocenters. The van der Waals surface area contributed by atoms with Crippen LogP contribution in [0.3, 0.4) is 0 Å². The first-order valence-electron chi connectivity index (χ1n) is 10.8. The maximum absolute atomic E-state index is 9.19. The van der Waals surface area contributed by atoms with Crippen LogP contribution in [-0.2, 0) is 14.2 Å². The lowest BCUT2D eigenvalue weighted by atomic mass is 10.1. The zero-order chi connectivity index (χ0) is 20.1. The summed E-state index contributed by atoms with van der Waals surface area (Å²) in [4.78, 5) is 0. The normalized spacial score (nSPS) is 11.0. The molecule has 0 heterocycles. The molecule has 5 nitrogen and oxygen atoms in total. The minimum atomic E-state index is 0.233. The molecule has 0 fully saturated rings. The van der Waals surface area contributed by atoms with Gasteiger partial charge in [0.25, 0.3) is 0 Å². The van der Waals surface area contributed by atoms with E-state index in [2.05, 4.69) is 6.92 Å². The predicted octanol–water partition coefficient (Wildman–Crippen LogP) is 5.17. The van der Waals surface area contributed by atoms with Gasteiger partial charge in [-0.2, -0.15) is 0 Å². The van der Waals surface area contributed by atoms with Crippen LogP contribution in [0.25, 0.3) is 0 Å². The van der Waals surface area contributed by atoms with Crippen LogP contribution in [0.2, 0.25) is 0 Å². The van der Waals surface area contributed by atoms with Gasteiger partial charge in [-0.25, -0.2) is 0 Å². The molecular formula is C23H39O5. The molecule has 0 aliphatic heterocycles. The van der Waals surface area contributed by atoms with Crippen molar-refractivity contribution in [3.63, 3.8) is 0 Å². The Kier molecular flexibility index (Phi) is 16.8. The highest BCUT2D eigenvalue weighted by Gasteiger charge is 1.96. The van der Waals surface area contributed by atoms with Crippen LogP contribution in [0.15, 0.2) is 24.3 Å². The largest absolute Gasteiger partial charge is 0.508 e. The van der Waals surface area contributed by atoms with Gasteiger partial charge in [0.2, 0.25) is 0 Å². The Bertz CT molecular complexity index is 435. The van der Waals surface area contributed by atoms with Crippen molar-refractivity contribution in [3.05, 3.63) is 31.2 Å². The quantitative estimate of drug-likeness (QED) is 0.309. The first-order chi connectivity index (χ1) is 13.8. The van der Waals surface area contributed by atoms with E-state index in [1.165, 1.54) is 44.9 Å². The van der Waals surface area contributed by atoms with Gasteiger partial charge in [-0.05, 0) is 30.7 Å². The van der Waals surface area contributed by atoms with E-state index in [1.54, 1.807) is 24.3 Å². The topological polar surface area (TPSA) is 57.2 Å². The first-order valence-corrected chi connectivity index (χ1v) is 10.8. The van der Waals surface area contributed by atoms with Crippen molar-refractivity contribution in [1.29, 1.82) is 0 Å². The maximum Gasteiger partial charge on any atom is 0.119 e. The summed E-state index contributed by atoms with van der Waals surface area (Å²) in [6, 6.07) is 6.65. The number of hydrogen-bond acceptors (Lipinski definition) is 5. The number of ether oxygens (including phenoxy) is 4. The summed E-state index contributed by atoms with van der Waals surface area (Å²) < 4.78 is 22.0. The molecule has 28 heavy (non-hydrogen) atoms. The number of hydrogen-bond donors (Lipinski definition) is 1. The summed E-state index contributed by atoms with van der Waals surface area (Å²) in [5.41, 5.74) is 0. The second-order valence-electron chi connectivity index (χ2n) is 6.86. The summed E-state index contributed by atoms with van der Waals surface area (Å²) in [6.45, 7) is 8.06. The van der Waals surface area contributed by atoms with Crippen LogP contribution >= 0.6 is 0 Å². The molecule has 1 aromatic carbocycles. The van der Waals surface area contributed by atoms with Gasteiger partial charge in [0.1, 0.15) is 18.1 Å². The minimum absolute atomic E-state index is 0.233. The summed E-state index contributed by atoms with van der Waals surface area (Å²) >= 11 is 0. The molecule has 0 bridgehead atoms. The Balaban J connectivity index is 1.70. The van der Waals surface area contributed by atoms with Crippen LogP contribution in [0, 0.1) is 6.92 Å². The third-order valence-corrected chi connectivity index (χ3v) is 4.37. The van der Waals surface area contributed by atoms with Gasteiger partial charge < -0.3 is 24.1 Å². The predicted molar refractivity (Wildman–Crippen MR) is 113 cm³/mol. The Morgan fingerprint density at radius 3 is 1.61 bits per heavy atom. The molecule has 0 aromatic heterocycles. The zero-order valence-corrected chi connectivity index (χ0v) is 17.4. The van der Waals surface area contributed by atoms with E-state index in [0.717, 1.165) is 25.2 Å². The third-order valence-electron chi connectivity index (χ3n) is 4.37. The summed E-state index contributed by atoms with van der Waals surface area (Å²) in [5, 5.41) is 9.19. The standard InChI is InChI=1S/C23H39O5/c1-2-3-4-5-6-7-8-9-10-15-25-16-17-26-18-19-27-20-21-28-23-13-11-22(24)12-14-23/h11-14,24H,1-10,15-21H2. The zero-order valence-electron chi connectivity index (χ0n) is 17.4. The van der Waals surface area contributed by atoms with Crippen molar-refractivity contribution in [2.75, 3.05) is 46.2 Å². The van der Waals surface area contributed by atoms with Crippen LogP contribution in [-0.4, -0.2) is 51.4 Å². The van der Waals surface area contributed by atoms with Crippen molar-refractivity contribution < 1.29 is 24.1 Å². The van der Waals surface area contributed by atoms with Crippen LogP contribution in [0.5, 0.6) is 11.5 Å². The molecule has 0 aliphatic rings. The van der Waals surface area contributed by atoms with Gasteiger partial charge in [-0.15, -0.1) is 0 Å². The fourth-order valence-electron chi connectivity index (χ4n) is 2.74. The molecule has 0 aliphatic carbocycles. The molecule has 0 saturated heterocycles. The van der Waals surface area contributed by atoms with Gasteiger partial charge in [0.05, 0.1) is 33.0 Å². The van der Waals surface area contributed by atoms with Crippen LogP contribution in [0.4, 0.5) is 0 Å². The van der Waals surface area contributed by atoms with Crippen molar-refractivity contribution in [2.24, 2.45) is 0 Å². The molecule has 0 spiro atoms. The minimum Gasteiger partial charge on any atom is -0.508 e. The van der Waals surface area contributed by atoms with E-state index < -0.39 is 0 Å². The molecule has 1 N–H and O–H groups in total. The second-order valence-corrected chi connectivity index (χ2v) is 6.86. The van der Waals surface area contributed by atoms with E-state index >= 15 is 0 Å². The average molecular weight is 396 g/mol. The van der Waals surface area contributed by atoms with Crippen molar-refractivity contribution in [1.82, 2.24) is 0 Å². The molecule has 0 amide bonds. The Morgan fingerprint density at radius 1 is 0.571 bits per heavy atom. The lowest BCUT2D eigenvalue weighted by Gasteiger charge is -2.08. The number of unbranched alkanes of at least 4 members (excludes halogenated alkanes) is 8. The van der Waals surface area contributed by atoms with Gasteiger partial charge >= 0.3 is 0 Å². The number of rotatable bonds is 20. The Morgan fingerprint density at radius 2 is 1.04 bits per heavy atom. The third kappa shape index (κ3) is 15.7. The Labute approximate surface area is 171 Å². The van der Waals surface area contributed by atoms with Gasteiger partial charge in [-0.1, -0.05) is 58.3 Å². The smallest absolute Gasteiger partial charge is 0.119 e. The van der Waals surface area contributed by atoms with Crippen LogP contribution in [0.1, 0.15) is 57.8 Å². The fourth-order valence-corrected chi connectivity index (χ4v) is 2.74. The SMILES string of the molecule is [CH2]CCCCCCCCCCOCCOCCOCCOc1ccc(O)cc1. The van der Waals surface area contributed by atoms with E-state index in [-0.39, 0.29) is 5.75 Å². The lowest BCUT2D eigenvalue weighted by Crippen LogP contribution is -2.12. The van der Waals surface area contributed by atoms with Gasteiger partial charge in [0.15, 0.2) is 0 Å². The molecule has 1 aromatic rings. The van der Waals surface area contributed by atoms with Crippen molar-refractivity contribution >= 4 is 0 Å². The van der Waals surface area contributed by atoms with Crippen molar-refractivity contribution in [2.45, 2.75) is 57.8 Å². The first kappa shape index (κ1) is 24.7. The van der Waals surface area contributed by atoms with E-state index in [1.807, 2.05) is 0 Å². The number of phenols is 1. The fraction of sp³-hybridized carbons (Fsp3) is 0.696. The van der Waals surface area contributed by atoms with Gasteiger partial charge in [0, 0.05) is 6.61 Å². The molecule has 0 atom stereocenters. The molecule has 1 rings (SSSR count). The van der Waals surface area contributed by atoms with E-state index in [0.29, 0.717) is 39.6 Å². The molecule has 161 valence electrons. The molecule has 0 saturated carbocycles. The van der Waals surface area contributed by atoms with Gasteiger partial charge in [-0.3, -0.25) is 0 Å². The number of benzene rings is 1. The highest BCUT2D eigenvalue weighted by atomic mass is 16.6. The summed E-state index contributed by atoms with van der Waals surface area (Å²) in [6.07, 6.45) is 11.5.